The Kier molecular flexibility index (Phi) is 2.82. The normalized spacial score (nSPS) is 14.8. The van der Waals surface area contributed by atoms with Gasteiger partial charge in [-0.3, -0.25) is 4.79 Å². The Bertz CT molecular complexity index is 502. The van der Waals surface area contributed by atoms with Crippen LogP contribution in [0.4, 0.5) is 0 Å². The van der Waals surface area contributed by atoms with Gasteiger partial charge in [-0.15, -0.1) is 0 Å². The third-order valence-corrected chi connectivity index (χ3v) is 2.54. The zero-order chi connectivity index (χ0) is 12.4. The molecular weight excluding hydrogens is 222 g/mol. The third kappa shape index (κ3) is 2.13. The molecule has 1 aromatic carbocycles. The van der Waals surface area contributed by atoms with Crippen LogP contribution < -0.4 is 10.1 Å². The smallest absolute Gasteiger partial charge is 0.334 e. The third-order valence-electron chi connectivity index (χ3n) is 2.54. The van der Waals surface area contributed by atoms with Crippen molar-refractivity contribution in [1.82, 2.24) is 5.32 Å². The Morgan fingerprint density at radius 2 is 2.00 bits per heavy atom. The Morgan fingerprint density at radius 3 is 2.53 bits per heavy atom. The van der Waals surface area contributed by atoms with Crippen LogP contribution in [-0.2, 0) is 9.59 Å². The van der Waals surface area contributed by atoms with Crippen LogP contribution in [0, 0.1) is 0 Å². The molecule has 2 N–H and O–H groups in total. The molecular formula is C12H11NO4. The minimum atomic E-state index is -1.07. The number of hydrogen-bond donors (Lipinski definition) is 2. The van der Waals surface area contributed by atoms with Gasteiger partial charge in [0.1, 0.15) is 5.75 Å². The van der Waals surface area contributed by atoms with Crippen molar-refractivity contribution in [2.24, 2.45) is 0 Å². The molecule has 0 bridgehead atoms. The van der Waals surface area contributed by atoms with E-state index in [1.165, 1.54) is 0 Å². The number of carbonyl (C=O) groups excluding carboxylic acids is 1. The number of rotatable bonds is 3. The summed E-state index contributed by atoms with van der Waals surface area (Å²) >= 11 is 0. The number of aliphatic carboxylic acids is 1. The lowest BCUT2D eigenvalue weighted by molar-refractivity contribution is -0.133. The van der Waals surface area contributed by atoms with Crippen molar-refractivity contribution in [2.75, 3.05) is 7.11 Å². The highest BCUT2D eigenvalue weighted by molar-refractivity contribution is 6.08. The lowest BCUT2D eigenvalue weighted by Crippen LogP contribution is -2.14. The van der Waals surface area contributed by atoms with E-state index in [1.807, 2.05) is 0 Å². The molecule has 2 rings (SSSR count). The Labute approximate surface area is 97.7 Å². The summed E-state index contributed by atoms with van der Waals surface area (Å²) in [4.78, 5) is 22.2. The molecule has 1 amide bonds. The molecule has 0 radical (unpaired) electrons. The van der Waals surface area contributed by atoms with Crippen LogP contribution in [0.15, 0.2) is 29.8 Å². The highest BCUT2D eigenvalue weighted by Crippen LogP contribution is 2.25. The molecule has 1 aromatic rings. The molecule has 1 aliphatic heterocycles. The second kappa shape index (κ2) is 4.29. The summed E-state index contributed by atoms with van der Waals surface area (Å²) in [5.74, 6) is -0.696. The molecule has 88 valence electrons. The molecule has 5 heteroatoms. The largest absolute Gasteiger partial charge is 0.497 e. The molecule has 17 heavy (non-hydrogen) atoms. The van der Waals surface area contributed by atoms with Crippen LogP contribution in [0.5, 0.6) is 5.75 Å². The van der Waals surface area contributed by atoms with Gasteiger partial charge in [0, 0.05) is 0 Å². The van der Waals surface area contributed by atoms with Crippen molar-refractivity contribution < 1.29 is 19.4 Å². The number of hydrogen-bond acceptors (Lipinski definition) is 3. The van der Waals surface area contributed by atoms with Crippen LogP contribution in [0.2, 0.25) is 0 Å². The first-order valence-electron chi connectivity index (χ1n) is 5.02. The van der Waals surface area contributed by atoms with Gasteiger partial charge in [0.25, 0.3) is 0 Å². The molecule has 0 spiro atoms. The molecule has 0 saturated heterocycles. The molecule has 1 heterocycles. The predicted octanol–water partition coefficient (Wildman–Crippen LogP) is 1.01. The maximum absolute atomic E-state index is 11.2. The fraction of sp³-hybridized carbons (Fsp3) is 0.167. The van der Waals surface area contributed by atoms with Gasteiger partial charge < -0.3 is 15.2 Å². The molecule has 0 fully saturated rings. The second-order valence-electron chi connectivity index (χ2n) is 3.61. The van der Waals surface area contributed by atoms with Crippen molar-refractivity contribution in [3.63, 3.8) is 0 Å². The van der Waals surface area contributed by atoms with Gasteiger partial charge in [0.15, 0.2) is 0 Å². The number of methoxy groups -OCH3 is 1. The molecule has 0 saturated carbocycles. The summed E-state index contributed by atoms with van der Waals surface area (Å²) in [5.41, 5.74) is 1.12. The zero-order valence-electron chi connectivity index (χ0n) is 9.19. The summed E-state index contributed by atoms with van der Waals surface area (Å²) in [7, 11) is 1.55. The van der Waals surface area contributed by atoms with Crippen molar-refractivity contribution in [3.05, 3.63) is 35.4 Å². The topological polar surface area (TPSA) is 75.6 Å². The predicted molar refractivity (Wildman–Crippen MR) is 60.3 cm³/mol. The number of amides is 1. The average molecular weight is 233 g/mol. The maximum atomic E-state index is 11.2. The van der Waals surface area contributed by atoms with E-state index in [-0.39, 0.29) is 17.9 Å². The fourth-order valence-corrected chi connectivity index (χ4v) is 1.69. The second-order valence-corrected chi connectivity index (χ2v) is 3.61. The van der Waals surface area contributed by atoms with Crippen LogP contribution in [-0.4, -0.2) is 24.1 Å². The van der Waals surface area contributed by atoms with E-state index >= 15 is 0 Å². The quantitative estimate of drug-likeness (QED) is 0.817. The van der Waals surface area contributed by atoms with Crippen molar-refractivity contribution in [2.45, 2.75) is 6.42 Å². The SMILES string of the molecule is COc1ccc(C2=C(C(=O)O)CC(=O)N2)cc1. The van der Waals surface area contributed by atoms with Gasteiger partial charge in [-0.05, 0) is 29.8 Å². The Balaban J connectivity index is 2.40. The van der Waals surface area contributed by atoms with E-state index in [9.17, 15) is 9.59 Å². The van der Waals surface area contributed by atoms with E-state index in [0.717, 1.165) is 0 Å². The molecule has 1 aliphatic rings. The lowest BCUT2D eigenvalue weighted by atomic mass is 10.1. The summed E-state index contributed by atoms with van der Waals surface area (Å²) < 4.78 is 5.01. The van der Waals surface area contributed by atoms with E-state index in [1.54, 1.807) is 31.4 Å². The van der Waals surface area contributed by atoms with E-state index in [4.69, 9.17) is 9.84 Å². The number of carbonyl (C=O) groups is 2. The van der Waals surface area contributed by atoms with Crippen LogP contribution >= 0.6 is 0 Å². The zero-order valence-corrected chi connectivity index (χ0v) is 9.19. The van der Waals surface area contributed by atoms with E-state index < -0.39 is 5.97 Å². The Morgan fingerprint density at radius 1 is 1.35 bits per heavy atom. The van der Waals surface area contributed by atoms with Crippen LogP contribution in [0.25, 0.3) is 5.70 Å². The molecule has 0 atom stereocenters. The Hall–Kier alpha value is -2.30. The number of carboxylic acids is 1. The summed E-state index contributed by atoms with van der Waals surface area (Å²) in [6, 6.07) is 6.85. The first kappa shape index (κ1) is 11.2. The van der Waals surface area contributed by atoms with Crippen molar-refractivity contribution in [1.29, 1.82) is 0 Å². The minimum absolute atomic E-state index is 0.0866. The van der Waals surface area contributed by atoms with Gasteiger partial charge in [0.05, 0.1) is 24.8 Å². The van der Waals surface area contributed by atoms with Gasteiger partial charge >= 0.3 is 5.97 Å². The molecule has 0 unspecified atom stereocenters. The summed E-state index contributed by atoms with van der Waals surface area (Å²) in [6.45, 7) is 0. The molecule has 0 aromatic heterocycles. The van der Waals surface area contributed by atoms with Crippen LogP contribution in [0.1, 0.15) is 12.0 Å². The van der Waals surface area contributed by atoms with Gasteiger partial charge in [-0.25, -0.2) is 4.79 Å². The summed E-state index contributed by atoms with van der Waals surface area (Å²) in [6.07, 6.45) is -0.0866. The van der Waals surface area contributed by atoms with E-state index in [0.29, 0.717) is 17.0 Å². The lowest BCUT2D eigenvalue weighted by Gasteiger charge is -2.06. The van der Waals surface area contributed by atoms with Gasteiger partial charge in [-0.2, -0.15) is 0 Å². The minimum Gasteiger partial charge on any atom is -0.497 e. The maximum Gasteiger partial charge on any atom is 0.334 e. The summed E-state index contributed by atoms with van der Waals surface area (Å²) in [5, 5.41) is 11.5. The van der Waals surface area contributed by atoms with Crippen molar-refractivity contribution >= 4 is 17.6 Å². The number of carboxylic acid groups (broad SMARTS) is 1. The highest BCUT2D eigenvalue weighted by atomic mass is 16.5. The first-order valence-corrected chi connectivity index (χ1v) is 5.02. The standard InChI is InChI=1S/C12H11NO4/c1-17-8-4-2-7(3-5-8)11-9(12(15)16)6-10(14)13-11/h2-5H,6H2,1H3,(H,13,14)(H,15,16). The number of nitrogens with one attached hydrogen (secondary N) is 1. The van der Waals surface area contributed by atoms with Crippen molar-refractivity contribution in [3.8, 4) is 5.75 Å². The fourth-order valence-electron chi connectivity index (χ4n) is 1.69. The molecule has 5 nitrogen and oxygen atoms in total. The first-order chi connectivity index (χ1) is 8.11. The van der Waals surface area contributed by atoms with Crippen LogP contribution in [0.3, 0.4) is 0 Å². The van der Waals surface area contributed by atoms with Gasteiger partial charge in [0.2, 0.25) is 5.91 Å². The average Bonchev–Trinajstić information content (AvgIpc) is 2.72. The highest BCUT2D eigenvalue weighted by Gasteiger charge is 2.26. The number of ether oxygens (including phenoxy) is 1. The molecule has 0 aliphatic carbocycles. The monoisotopic (exact) mass is 233 g/mol. The number of benzene rings is 1. The van der Waals surface area contributed by atoms with E-state index in [2.05, 4.69) is 5.32 Å². The van der Waals surface area contributed by atoms with Gasteiger partial charge in [-0.1, -0.05) is 0 Å².